The normalized spacial score (nSPS) is 10.1. The highest BCUT2D eigenvalue weighted by atomic mass is 32.1. The number of hydrogen-bond donors (Lipinski definition) is 2. The molecule has 0 aromatic heterocycles. The summed E-state index contributed by atoms with van der Waals surface area (Å²) in [6.45, 7) is 2.21. The highest BCUT2D eigenvalue weighted by Crippen LogP contribution is 2.13. The van der Waals surface area contributed by atoms with Gasteiger partial charge in [0, 0.05) is 11.4 Å². The van der Waals surface area contributed by atoms with E-state index in [0.29, 0.717) is 5.11 Å². The Morgan fingerprint density at radius 2 is 1.50 bits per heavy atom. The highest BCUT2D eigenvalue weighted by Gasteiger charge is 1.99. The van der Waals surface area contributed by atoms with Gasteiger partial charge in [-0.05, 0) is 54.9 Å². The van der Waals surface area contributed by atoms with Crippen molar-refractivity contribution in [3.8, 4) is 0 Å². The number of benzene rings is 2. The molecule has 0 fully saturated rings. The summed E-state index contributed by atoms with van der Waals surface area (Å²) in [4.78, 5) is 0. The molecule has 2 rings (SSSR count). The maximum absolute atomic E-state index is 5.30. The third-order valence-electron chi connectivity index (χ3n) is 3.06. The quantitative estimate of drug-likeness (QED) is 0.768. The molecule has 2 N–H and O–H groups in total. The van der Waals surface area contributed by atoms with Crippen molar-refractivity contribution in [2.45, 2.75) is 26.2 Å². The van der Waals surface area contributed by atoms with Crippen LogP contribution in [0.2, 0.25) is 0 Å². The molecule has 3 heteroatoms. The van der Waals surface area contributed by atoms with Gasteiger partial charge in [0.2, 0.25) is 0 Å². The van der Waals surface area contributed by atoms with E-state index in [2.05, 4.69) is 41.8 Å². The summed E-state index contributed by atoms with van der Waals surface area (Å²) in [5.41, 5.74) is 3.38. The number of rotatable bonds is 5. The van der Waals surface area contributed by atoms with Crippen LogP contribution in [0.25, 0.3) is 0 Å². The number of hydrogen-bond acceptors (Lipinski definition) is 1. The van der Waals surface area contributed by atoms with Gasteiger partial charge in [-0.15, -0.1) is 0 Å². The van der Waals surface area contributed by atoms with Gasteiger partial charge >= 0.3 is 0 Å². The van der Waals surface area contributed by atoms with Gasteiger partial charge < -0.3 is 10.6 Å². The Bertz CT molecular complexity index is 535. The molecule has 0 aliphatic heterocycles. The van der Waals surface area contributed by atoms with Crippen molar-refractivity contribution in [1.29, 1.82) is 0 Å². The summed E-state index contributed by atoms with van der Waals surface area (Å²) < 4.78 is 0. The highest BCUT2D eigenvalue weighted by molar-refractivity contribution is 7.80. The van der Waals surface area contributed by atoms with Crippen LogP contribution in [-0.2, 0) is 6.42 Å². The lowest BCUT2D eigenvalue weighted by Crippen LogP contribution is -2.18. The Morgan fingerprint density at radius 1 is 0.900 bits per heavy atom. The molecule has 0 radical (unpaired) electrons. The summed E-state index contributed by atoms with van der Waals surface area (Å²) >= 11 is 5.30. The Labute approximate surface area is 126 Å². The van der Waals surface area contributed by atoms with Gasteiger partial charge in [0.15, 0.2) is 5.11 Å². The van der Waals surface area contributed by atoms with E-state index >= 15 is 0 Å². The molecule has 0 amide bonds. The molecule has 0 bridgehead atoms. The number of aryl methyl sites for hydroxylation is 1. The number of thiocarbonyl (C=S) groups is 1. The number of nitrogens with one attached hydrogen (secondary N) is 2. The number of unbranched alkanes of at least 4 members (excludes halogenated alkanes) is 1. The SMILES string of the molecule is CCCCc1ccc(NC(=S)Nc2ccccc2)cc1. The van der Waals surface area contributed by atoms with Gasteiger partial charge in [-0.1, -0.05) is 43.7 Å². The van der Waals surface area contributed by atoms with E-state index in [4.69, 9.17) is 12.2 Å². The lowest BCUT2D eigenvalue weighted by atomic mass is 10.1. The molecule has 0 saturated heterocycles. The summed E-state index contributed by atoms with van der Waals surface area (Å²) in [7, 11) is 0. The maximum Gasteiger partial charge on any atom is 0.175 e. The van der Waals surface area contributed by atoms with Gasteiger partial charge in [-0.3, -0.25) is 0 Å². The number of para-hydroxylation sites is 1. The van der Waals surface area contributed by atoms with Crippen LogP contribution in [0.3, 0.4) is 0 Å². The maximum atomic E-state index is 5.30. The third kappa shape index (κ3) is 4.67. The zero-order valence-electron chi connectivity index (χ0n) is 11.7. The molecule has 20 heavy (non-hydrogen) atoms. The van der Waals surface area contributed by atoms with E-state index in [1.54, 1.807) is 0 Å². The minimum Gasteiger partial charge on any atom is -0.332 e. The fourth-order valence-electron chi connectivity index (χ4n) is 1.95. The summed E-state index contributed by atoms with van der Waals surface area (Å²) in [6, 6.07) is 18.4. The first kappa shape index (κ1) is 14.5. The molecule has 104 valence electrons. The van der Waals surface area contributed by atoms with Crippen molar-refractivity contribution in [2.75, 3.05) is 10.6 Å². The van der Waals surface area contributed by atoms with Crippen LogP contribution in [0.5, 0.6) is 0 Å². The molecule has 0 aliphatic carbocycles. The van der Waals surface area contributed by atoms with Crippen LogP contribution in [0.4, 0.5) is 11.4 Å². The second-order valence-electron chi connectivity index (χ2n) is 4.75. The fourth-order valence-corrected chi connectivity index (χ4v) is 2.19. The largest absolute Gasteiger partial charge is 0.332 e. The van der Waals surface area contributed by atoms with Crippen molar-refractivity contribution in [2.24, 2.45) is 0 Å². The molecule has 0 atom stereocenters. The van der Waals surface area contributed by atoms with Crippen molar-refractivity contribution >= 4 is 28.7 Å². The summed E-state index contributed by atoms with van der Waals surface area (Å²) in [5, 5.41) is 6.96. The molecule has 2 aromatic carbocycles. The molecular weight excluding hydrogens is 264 g/mol. The second-order valence-corrected chi connectivity index (χ2v) is 5.15. The Kier molecular flexibility index (Phi) is 5.56. The van der Waals surface area contributed by atoms with Gasteiger partial charge in [0.05, 0.1) is 0 Å². The Hall–Kier alpha value is -1.87. The Balaban J connectivity index is 1.88. The molecule has 0 spiro atoms. The molecule has 0 unspecified atom stereocenters. The predicted octanol–water partition coefficient (Wildman–Crippen LogP) is 4.84. The molecule has 2 aromatic rings. The zero-order valence-corrected chi connectivity index (χ0v) is 12.5. The van der Waals surface area contributed by atoms with Gasteiger partial charge in [0.25, 0.3) is 0 Å². The van der Waals surface area contributed by atoms with Crippen LogP contribution in [0.15, 0.2) is 54.6 Å². The standard InChI is InChI=1S/C17H20N2S/c1-2-3-7-14-10-12-16(13-11-14)19-17(20)18-15-8-5-4-6-9-15/h4-6,8-13H,2-3,7H2,1H3,(H2,18,19,20). The first-order valence-electron chi connectivity index (χ1n) is 7.00. The average molecular weight is 284 g/mol. The first-order chi connectivity index (χ1) is 9.78. The van der Waals surface area contributed by atoms with Crippen LogP contribution in [-0.4, -0.2) is 5.11 Å². The van der Waals surface area contributed by atoms with Crippen LogP contribution < -0.4 is 10.6 Å². The van der Waals surface area contributed by atoms with E-state index in [1.807, 2.05) is 30.3 Å². The monoisotopic (exact) mass is 284 g/mol. The van der Waals surface area contributed by atoms with E-state index in [0.717, 1.165) is 17.8 Å². The van der Waals surface area contributed by atoms with Crippen LogP contribution >= 0.6 is 12.2 Å². The van der Waals surface area contributed by atoms with Crippen molar-refractivity contribution in [3.63, 3.8) is 0 Å². The lowest BCUT2D eigenvalue weighted by Gasteiger charge is -2.11. The zero-order chi connectivity index (χ0) is 14.2. The minimum atomic E-state index is 0.609. The van der Waals surface area contributed by atoms with E-state index in [9.17, 15) is 0 Å². The summed E-state index contributed by atoms with van der Waals surface area (Å²) in [6.07, 6.45) is 3.61. The van der Waals surface area contributed by atoms with Crippen LogP contribution in [0, 0.1) is 0 Å². The predicted molar refractivity (Wildman–Crippen MR) is 91.3 cm³/mol. The molecule has 0 saturated carbocycles. The third-order valence-corrected chi connectivity index (χ3v) is 3.27. The summed E-state index contributed by atoms with van der Waals surface area (Å²) in [5.74, 6) is 0. The van der Waals surface area contributed by atoms with Gasteiger partial charge in [-0.2, -0.15) is 0 Å². The molecule has 0 aliphatic rings. The average Bonchev–Trinajstić information content (AvgIpc) is 2.47. The molecular formula is C17H20N2S. The number of anilines is 2. The van der Waals surface area contributed by atoms with E-state index in [-0.39, 0.29) is 0 Å². The molecule has 2 nitrogen and oxygen atoms in total. The van der Waals surface area contributed by atoms with E-state index in [1.165, 1.54) is 18.4 Å². The van der Waals surface area contributed by atoms with E-state index < -0.39 is 0 Å². The Morgan fingerprint density at radius 3 is 2.10 bits per heavy atom. The van der Waals surface area contributed by atoms with Crippen molar-refractivity contribution in [3.05, 3.63) is 60.2 Å². The van der Waals surface area contributed by atoms with Crippen LogP contribution in [0.1, 0.15) is 25.3 Å². The topological polar surface area (TPSA) is 24.1 Å². The minimum absolute atomic E-state index is 0.609. The molecule has 0 heterocycles. The van der Waals surface area contributed by atoms with Crippen molar-refractivity contribution in [1.82, 2.24) is 0 Å². The van der Waals surface area contributed by atoms with Crippen molar-refractivity contribution < 1.29 is 0 Å². The fraction of sp³-hybridized carbons (Fsp3) is 0.235. The smallest absolute Gasteiger partial charge is 0.175 e. The lowest BCUT2D eigenvalue weighted by molar-refractivity contribution is 0.795. The second kappa shape index (κ2) is 7.65. The van der Waals surface area contributed by atoms with Gasteiger partial charge in [0.1, 0.15) is 0 Å². The first-order valence-corrected chi connectivity index (χ1v) is 7.41. The van der Waals surface area contributed by atoms with Gasteiger partial charge in [-0.25, -0.2) is 0 Å².